The van der Waals surface area contributed by atoms with Gasteiger partial charge in [-0.15, -0.1) is 0 Å². The van der Waals surface area contributed by atoms with Gasteiger partial charge < -0.3 is 9.64 Å². The monoisotopic (exact) mass is 414 g/mol. The smallest absolute Gasteiger partial charge is 0.253 e. The fourth-order valence-corrected chi connectivity index (χ4v) is 6.53. The normalized spacial score (nSPS) is 22.6. The number of hydrogen-bond acceptors (Lipinski definition) is 5. The number of methoxy groups -OCH3 is 1. The van der Waals surface area contributed by atoms with E-state index < -0.39 is 20.8 Å². The van der Waals surface area contributed by atoms with E-state index in [1.807, 2.05) is 6.92 Å². The zero-order valence-corrected chi connectivity index (χ0v) is 17.4. The molecule has 7 nitrogen and oxygen atoms in total. The minimum absolute atomic E-state index is 0.0326. The summed E-state index contributed by atoms with van der Waals surface area (Å²) in [6, 6.07) is 4.47. The number of hydrogen-bond donors (Lipinski definition) is 0. The van der Waals surface area contributed by atoms with Crippen LogP contribution in [0.1, 0.15) is 36.5 Å². The first kappa shape index (κ1) is 20.3. The number of rotatable bonds is 4. The van der Waals surface area contributed by atoms with Crippen LogP contribution in [0.4, 0.5) is 0 Å². The van der Waals surface area contributed by atoms with Crippen LogP contribution in [0.5, 0.6) is 5.75 Å². The average molecular weight is 415 g/mol. The maximum atomic E-state index is 13.3. The van der Waals surface area contributed by atoms with Gasteiger partial charge in [0, 0.05) is 53.5 Å². The second kappa shape index (κ2) is 8.28. The summed E-state index contributed by atoms with van der Waals surface area (Å²) in [7, 11) is -3.22. The number of nitrogens with zero attached hydrogens (tertiary/aromatic N) is 2. The van der Waals surface area contributed by atoms with Gasteiger partial charge in [0.1, 0.15) is 10.6 Å². The zero-order valence-electron chi connectivity index (χ0n) is 15.7. The lowest BCUT2D eigenvalue weighted by molar-refractivity contribution is 0.0771. The summed E-state index contributed by atoms with van der Waals surface area (Å²) >= 11 is 0. The van der Waals surface area contributed by atoms with E-state index in [9.17, 15) is 17.4 Å². The summed E-state index contributed by atoms with van der Waals surface area (Å²) in [5.74, 6) is 0.915. The maximum Gasteiger partial charge on any atom is 0.253 e. The Kier molecular flexibility index (Phi) is 6.22. The average Bonchev–Trinajstić information content (AvgIpc) is 2.67. The first-order valence-corrected chi connectivity index (χ1v) is 12.1. The quantitative estimate of drug-likeness (QED) is 0.745. The van der Waals surface area contributed by atoms with E-state index in [0.717, 1.165) is 19.3 Å². The Morgan fingerprint density at radius 2 is 1.89 bits per heavy atom. The molecule has 1 amide bonds. The van der Waals surface area contributed by atoms with E-state index in [0.29, 0.717) is 36.7 Å². The van der Waals surface area contributed by atoms with Crippen molar-refractivity contribution >= 4 is 26.7 Å². The minimum atomic E-state index is -3.76. The largest absolute Gasteiger partial charge is 0.495 e. The molecule has 1 atom stereocenters. The molecule has 27 heavy (non-hydrogen) atoms. The molecule has 1 aromatic rings. The van der Waals surface area contributed by atoms with E-state index in [4.69, 9.17) is 4.74 Å². The van der Waals surface area contributed by atoms with Gasteiger partial charge in [-0.1, -0.05) is 6.42 Å². The molecule has 150 valence electrons. The third kappa shape index (κ3) is 4.20. The van der Waals surface area contributed by atoms with Crippen molar-refractivity contribution in [2.24, 2.45) is 0 Å². The van der Waals surface area contributed by atoms with Gasteiger partial charge in [0.05, 0.1) is 7.11 Å². The summed E-state index contributed by atoms with van der Waals surface area (Å²) in [6.07, 6.45) is 2.67. The number of amides is 1. The topological polar surface area (TPSA) is 84.0 Å². The molecule has 2 heterocycles. The molecule has 1 aromatic carbocycles. The maximum absolute atomic E-state index is 13.3. The van der Waals surface area contributed by atoms with Crippen LogP contribution in [0.3, 0.4) is 0 Å². The van der Waals surface area contributed by atoms with Crippen LogP contribution in [-0.2, 0) is 20.8 Å². The van der Waals surface area contributed by atoms with Gasteiger partial charge in [-0.25, -0.2) is 8.42 Å². The van der Waals surface area contributed by atoms with Crippen LogP contribution in [0.25, 0.3) is 0 Å². The lowest BCUT2D eigenvalue weighted by Gasteiger charge is -2.32. The van der Waals surface area contributed by atoms with Crippen LogP contribution >= 0.6 is 0 Å². The van der Waals surface area contributed by atoms with Crippen LogP contribution < -0.4 is 4.74 Å². The first-order chi connectivity index (χ1) is 12.8. The molecular weight excluding hydrogens is 388 g/mol. The number of piperidine rings is 1. The highest BCUT2D eigenvalue weighted by Gasteiger charge is 2.34. The Bertz CT molecular complexity index is 830. The predicted molar refractivity (Wildman–Crippen MR) is 104 cm³/mol. The van der Waals surface area contributed by atoms with Gasteiger partial charge in [-0.2, -0.15) is 4.31 Å². The Balaban J connectivity index is 1.94. The molecule has 2 aliphatic rings. The molecule has 0 saturated carbocycles. The molecular formula is C18H26N2O5S2. The van der Waals surface area contributed by atoms with E-state index in [1.54, 1.807) is 11.0 Å². The van der Waals surface area contributed by atoms with Crippen LogP contribution in [0.2, 0.25) is 0 Å². The lowest BCUT2D eigenvalue weighted by Crippen LogP contribution is -2.42. The number of ether oxygens (including phenoxy) is 1. The fraction of sp³-hybridized carbons (Fsp3) is 0.611. The molecule has 1 unspecified atom stereocenters. The minimum Gasteiger partial charge on any atom is -0.495 e. The van der Waals surface area contributed by atoms with Crippen LogP contribution in [-0.4, -0.2) is 72.0 Å². The van der Waals surface area contributed by atoms with Gasteiger partial charge in [0.2, 0.25) is 10.0 Å². The van der Waals surface area contributed by atoms with E-state index >= 15 is 0 Å². The summed E-state index contributed by atoms with van der Waals surface area (Å²) in [6.45, 7) is 3.22. The van der Waals surface area contributed by atoms with E-state index in [-0.39, 0.29) is 22.6 Å². The number of carbonyl (C=O) groups excluding carboxylic acids is 1. The highest BCUT2D eigenvalue weighted by molar-refractivity contribution is 7.89. The van der Waals surface area contributed by atoms with Crippen LogP contribution in [0.15, 0.2) is 23.1 Å². The first-order valence-electron chi connectivity index (χ1n) is 9.18. The van der Waals surface area contributed by atoms with Crippen molar-refractivity contribution < 1.29 is 22.2 Å². The zero-order chi connectivity index (χ0) is 19.6. The van der Waals surface area contributed by atoms with Crippen molar-refractivity contribution in [3.8, 4) is 5.75 Å². The number of carbonyl (C=O) groups is 1. The van der Waals surface area contributed by atoms with Gasteiger partial charge in [0.15, 0.2) is 0 Å². The molecule has 2 aliphatic heterocycles. The Hall–Kier alpha value is -1.45. The molecule has 0 bridgehead atoms. The summed E-state index contributed by atoms with van der Waals surface area (Å²) in [5.41, 5.74) is 0.312. The van der Waals surface area contributed by atoms with Crippen molar-refractivity contribution in [1.29, 1.82) is 0 Å². The Morgan fingerprint density at radius 3 is 2.52 bits per heavy atom. The highest BCUT2D eigenvalue weighted by atomic mass is 32.2. The number of sulfonamides is 1. The van der Waals surface area contributed by atoms with Crippen molar-refractivity contribution in [3.63, 3.8) is 0 Å². The Morgan fingerprint density at radius 1 is 1.19 bits per heavy atom. The lowest BCUT2D eigenvalue weighted by atomic mass is 10.1. The fourth-order valence-electron chi connectivity index (χ4n) is 3.59. The summed E-state index contributed by atoms with van der Waals surface area (Å²) < 4.78 is 44.8. The second-order valence-electron chi connectivity index (χ2n) is 6.97. The van der Waals surface area contributed by atoms with Crippen molar-refractivity contribution in [2.75, 3.05) is 38.2 Å². The third-order valence-corrected chi connectivity index (χ3v) is 8.51. The molecule has 0 N–H and O–H groups in total. The van der Waals surface area contributed by atoms with Gasteiger partial charge in [-0.3, -0.25) is 9.00 Å². The molecule has 2 saturated heterocycles. The molecule has 0 spiro atoms. The molecule has 3 rings (SSSR count). The van der Waals surface area contributed by atoms with Crippen molar-refractivity contribution in [3.05, 3.63) is 23.8 Å². The van der Waals surface area contributed by atoms with E-state index in [2.05, 4.69) is 0 Å². The molecule has 9 heteroatoms. The summed E-state index contributed by atoms with van der Waals surface area (Å²) in [5, 5.41) is 0. The van der Waals surface area contributed by atoms with Gasteiger partial charge in [0.25, 0.3) is 5.91 Å². The van der Waals surface area contributed by atoms with Crippen molar-refractivity contribution in [2.45, 2.75) is 37.1 Å². The second-order valence-corrected chi connectivity index (χ2v) is 10.5. The Labute approximate surface area is 163 Å². The van der Waals surface area contributed by atoms with Crippen molar-refractivity contribution in [1.82, 2.24) is 9.21 Å². The molecule has 0 aliphatic carbocycles. The third-order valence-electron chi connectivity index (χ3n) is 5.20. The molecule has 0 aromatic heterocycles. The number of benzene rings is 1. The highest BCUT2D eigenvalue weighted by Crippen LogP contribution is 2.32. The van der Waals surface area contributed by atoms with Gasteiger partial charge >= 0.3 is 0 Å². The van der Waals surface area contributed by atoms with Crippen LogP contribution in [0, 0.1) is 0 Å². The SMILES string of the molecule is COc1ccc(C(=O)N2CCS(=O)CC2)cc1S(=O)(=O)N1CCCCC1C. The van der Waals surface area contributed by atoms with E-state index in [1.165, 1.54) is 23.5 Å². The standard InChI is InChI=1S/C18H26N2O5S2/c1-14-5-3-4-8-20(14)27(23,24)17-13-15(6-7-16(17)25-2)18(21)19-9-11-26(22)12-10-19/h6-7,13-14H,3-5,8-12H2,1-2H3. The van der Waals surface area contributed by atoms with Gasteiger partial charge in [-0.05, 0) is 38.0 Å². The molecule has 0 radical (unpaired) electrons. The summed E-state index contributed by atoms with van der Waals surface area (Å²) in [4.78, 5) is 14.5. The molecule has 2 fully saturated rings. The predicted octanol–water partition coefficient (Wildman–Crippen LogP) is 1.46.